The molecule has 0 amide bonds. The molecule has 0 fully saturated rings. The lowest BCUT2D eigenvalue weighted by Crippen LogP contribution is -2.29. The van der Waals surface area contributed by atoms with E-state index in [9.17, 15) is 0 Å². The fourth-order valence-corrected chi connectivity index (χ4v) is 1.40. The van der Waals surface area contributed by atoms with Crippen molar-refractivity contribution in [3.8, 4) is 0 Å². The molecule has 1 aromatic heterocycles. The Morgan fingerprint density at radius 1 is 1.50 bits per heavy atom. The van der Waals surface area contributed by atoms with Gasteiger partial charge in [0.15, 0.2) is 0 Å². The van der Waals surface area contributed by atoms with Crippen LogP contribution in [0.3, 0.4) is 0 Å². The average Bonchev–Trinajstić information content (AvgIpc) is 2.18. The topological polar surface area (TPSA) is 55.0 Å². The lowest BCUT2D eigenvalue weighted by Gasteiger charge is -2.20. The van der Waals surface area contributed by atoms with Gasteiger partial charge in [-0.1, -0.05) is 6.92 Å². The molecule has 78 valence electrons. The molecule has 0 aromatic carbocycles. The summed E-state index contributed by atoms with van der Waals surface area (Å²) in [7, 11) is 1.98. The van der Waals surface area contributed by atoms with Gasteiger partial charge >= 0.3 is 0 Å². The summed E-state index contributed by atoms with van der Waals surface area (Å²) in [5.74, 6) is 1.22. The Kier molecular flexibility index (Phi) is 4.53. The predicted molar refractivity (Wildman–Crippen MR) is 66.2 cm³/mol. The maximum Gasteiger partial charge on any atom is 0.225 e. The Hall–Kier alpha value is -0.430. The van der Waals surface area contributed by atoms with Crippen molar-refractivity contribution in [1.29, 1.82) is 0 Å². The summed E-state index contributed by atoms with van der Waals surface area (Å²) in [6.45, 7) is 3.69. The van der Waals surface area contributed by atoms with Crippen LogP contribution < -0.4 is 10.6 Å². The zero-order valence-electron chi connectivity index (χ0n) is 8.44. The number of hydrogen-bond acceptors (Lipinski definition) is 4. The maximum atomic E-state index is 5.55. The van der Waals surface area contributed by atoms with Gasteiger partial charge in [-0.2, -0.15) is 0 Å². The first-order valence-corrected chi connectivity index (χ1v) is 5.60. The van der Waals surface area contributed by atoms with E-state index in [1.807, 2.05) is 24.3 Å². The van der Waals surface area contributed by atoms with E-state index in [1.165, 1.54) is 0 Å². The van der Waals surface area contributed by atoms with E-state index in [1.54, 1.807) is 0 Å². The SMILES string of the molecule is CC(CN)CN(C)c1ncc(I)cn1. The van der Waals surface area contributed by atoms with Crippen molar-refractivity contribution in [2.45, 2.75) is 6.92 Å². The number of rotatable bonds is 4. The standard InChI is InChI=1S/C9H15IN4/c1-7(3-11)6-14(2)9-12-4-8(10)5-13-9/h4-5,7H,3,6,11H2,1-2H3. The van der Waals surface area contributed by atoms with Gasteiger partial charge in [0.25, 0.3) is 0 Å². The molecular weight excluding hydrogens is 291 g/mol. The van der Waals surface area contributed by atoms with Crippen molar-refractivity contribution < 1.29 is 0 Å². The normalized spacial score (nSPS) is 12.6. The third-order valence-electron chi connectivity index (χ3n) is 1.94. The predicted octanol–water partition coefficient (Wildman–Crippen LogP) is 1.11. The molecule has 1 rings (SSSR count). The lowest BCUT2D eigenvalue weighted by atomic mass is 10.2. The molecule has 0 saturated heterocycles. The van der Waals surface area contributed by atoms with Crippen LogP contribution in [-0.2, 0) is 0 Å². The minimum atomic E-state index is 0.461. The first-order valence-electron chi connectivity index (χ1n) is 4.52. The molecule has 5 heteroatoms. The van der Waals surface area contributed by atoms with Crippen LogP contribution in [0.4, 0.5) is 5.95 Å². The summed E-state index contributed by atoms with van der Waals surface area (Å²) < 4.78 is 1.05. The zero-order chi connectivity index (χ0) is 10.6. The second kappa shape index (κ2) is 5.45. The molecule has 0 aliphatic carbocycles. The molecule has 1 atom stereocenters. The molecule has 0 aliphatic rings. The number of anilines is 1. The molecular formula is C9H15IN4. The Balaban J connectivity index is 2.60. The van der Waals surface area contributed by atoms with Crippen LogP contribution >= 0.6 is 22.6 Å². The number of nitrogens with zero attached hydrogens (tertiary/aromatic N) is 3. The van der Waals surface area contributed by atoms with E-state index in [-0.39, 0.29) is 0 Å². The van der Waals surface area contributed by atoms with Crippen LogP contribution in [0.15, 0.2) is 12.4 Å². The van der Waals surface area contributed by atoms with E-state index in [2.05, 4.69) is 39.5 Å². The van der Waals surface area contributed by atoms with Crippen molar-refractivity contribution in [3.05, 3.63) is 16.0 Å². The highest BCUT2D eigenvalue weighted by Gasteiger charge is 2.07. The summed E-state index contributed by atoms with van der Waals surface area (Å²) in [5.41, 5.74) is 5.55. The van der Waals surface area contributed by atoms with Crippen LogP contribution in [0.1, 0.15) is 6.92 Å². The van der Waals surface area contributed by atoms with E-state index in [0.717, 1.165) is 16.1 Å². The Bertz CT molecular complexity index is 275. The third kappa shape index (κ3) is 3.38. The minimum Gasteiger partial charge on any atom is -0.344 e. The third-order valence-corrected chi connectivity index (χ3v) is 2.49. The van der Waals surface area contributed by atoms with Crippen LogP contribution in [0, 0.1) is 9.49 Å². The molecule has 1 unspecified atom stereocenters. The highest BCUT2D eigenvalue weighted by Crippen LogP contribution is 2.08. The van der Waals surface area contributed by atoms with Gasteiger partial charge in [0.2, 0.25) is 5.95 Å². The van der Waals surface area contributed by atoms with Crippen molar-refractivity contribution in [3.63, 3.8) is 0 Å². The molecule has 4 nitrogen and oxygen atoms in total. The smallest absolute Gasteiger partial charge is 0.225 e. The van der Waals surface area contributed by atoms with Crippen molar-refractivity contribution in [2.75, 3.05) is 25.0 Å². The minimum absolute atomic E-state index is 0.461. The molecule has 1 heterocycles. The zero-order valence-corrected chi connectivity index (χ0v) is 10.6. The molecule has 2 N–H and O–H groups in total. The van der Waals surface area contributed by atoms with Gasteiger partial charge in [-0.25, -0.2) is 9.97 Å². The Morgan fingerprint density at radius 2 is 2.07 bits per heavy atom. The molecule has 14 heavy (non-hydrogen) atoms. The molecule has 0 radical (unpaired) electrons. The monoisotopic (exact) mass is 306 g/mol. The largest absolute Gasteiger partial charge is 0.344 e. The molecule has 1 aromatic rings. The first-order chi connectivity index (χ1) is 6.63. The van der Waals surface area contributed by atoms with Crippen molar-refractivity contribution in [1.82, 2.24) is 9.97 Å². The van der Waals surface area contributed by atoms with Gasteiger partial charge in [0, 0.05) is 29.6 Å². The fourth-order valence-electron chi connectivity index (χ4n) is 1.13. The second-order valence-electron chi connectivity index (χ2n) is 3.42. The van der Waals surface area contributed by atoms with E-state index in [4.69, 9.17) is 5.73 Å². The van der Waals surface area contributed by atoms with Gasteiger partial charge in [0.1, 0.15) is 0 Å². The van der Waals surface area contributed by atoms with Crippen molar-refractivity contribution >= 4 is 28.5 Å². The quantitative estimate of drug-likeness (QED) is 0.847. The highest BCUT2D eigenvalue weighted by molar-refractivity contribution is 14.1. The summed E-state index contributed by atoms with van der Waals surface area (Å²) in [6.07, 6.45) is 3.62. The summed E-state index contributed by atoms with van der Waals surface area (Å²) >= 11 is 2.19. The van der Waals surface area contributed by atoms with E-state index < -0.39 is 0 Å². The number of halogens is 1. The van der Waals surface area contributed by atoms with Crippen LogP contribution in [0.25, 0.3) is 0 Å². The van der Waals surface area contributed by atoms with Crippen molar-refractivity contribution in [2.24, 2.45) is 11.7 Å². The second-order valence-corrected chi connectivity index (χ2v) is 4.67. The molecule has 0 bridgehead atoms. The molecule has 0 saturated carbocycles. The molecule has 0 spiro atoms. The average molecular weight is 306 g/mol. The first kappa shape index (κ1) is 11.6. The number of hydrogen-bond donors (Lipinski definition) is 1. The lowest BCUT2D eigenvalue weighted by molar-refractivity contribution is 0.584. The van der Waals surface area contributed by atoms with Crippen LogP contribution in [-0.4, -0.2) is 30.1 Å². The fraction of sp³-hybridized carbons (Fsp3) is 0.556. The van der Waals surface area contributed by atoms with Gasteiger partial charge in [-0.3, -0.25) is 0 Å². The van der Waals surface area contributed by atoms with Gasteiger partial charge in [-0.05, 0) is 35.1 Å². The molecule has 0 aliphatic heterocycles. The number of aromatic nitrogens is 2. The van der Waals surface area contributed by atoms with E-state index >= 15 is 0 Å². The van der Waals surface area contributed by atoms with Gasteiger partial charge in [-0.15, -0.1) is 0 Å². The summed E-state index contributed by atoms with van der Waals surface area (Å²) in [4.78, 5) is 10.5. The van der Waals surface area contributed by atoms with Crippen LogP contribution in [0.2, 0.25) is 0 Å². The number of nitrogens with two attached hydrogens (primary N) is 1. The summed E-state index contributed by atoms with van der Waals surface area (Å²) in [5, 5.41) is 0. The Labute approximate surface area is 98.1 Å². The Morgan fingerprint density at radius 3 is 2.57 bits per heavy atom. The summed E-state index contributed by atoms with van der Waals surface area (Å²) in [6, 6.07) is 0. The van der Waals surface area contributed by atoms with Gasteiger partial charge in [0.05, 0.1) is 0 Å². The highest BCUT2D eigenvalue weighted by atomic mass is 127. The van der Waals surface area contributed by atoms with Gasteiger partial charge < -0.3 is 10.6 Å². The van der Waals surface area contributed by atoms with Crippen LogP contribution in [0.5, 0.6) is 0 Å². The van der Waals surface area contributed by atoms with E-state index in [0.29, 0.717) is 12.5 Å². The maximum absolute atomic E-state index is 5.55.